The number of nitrogens with one attached hydrogen (secondary N) is 1. The van der Waals surface area contributed by atoms with E-state index in [1.165, 1.54) is 12.8 Å². The minimum Gasteiger partial charge on any atom is -0.481 e. The first kappa shape index (κ1) is 17.7. The average Bonchev–Trinajstić information content (AvgIpc) is 2.42. The third kappa shape index (κ3) is 8.07. The monoisotopic (exact) mass is 395 g/mol. The molecule has 0 spiro atoms. The number of rotatable bonds is 9. The van der Waals surface area contributed by atoms with Gasteiger partial charge in [0.05, 0.1) is 0 Å². The predicted octanol–water partition coefficient (Wildman–Crippen LogP) is 3.52. The molecule has 4 nitrogen and oxygen atoms in total. The van der Waals surface area contributed by atoms with Gasteiger partial charge in [0.15, 0.2) is 0 Å². The van der Waals surface area contributed by atoms with E-state index in [9.17, 15) is 9.59 Å². The van der Waals surface area contributed by atoms with Gasteiger partial charge in [0.1, 0.15) is 0 Å². The lowest BCUT2D eigenvalue weighted by Gasteiger charge is -2.24. The maximum Gasteiger partial charge on any atom is 0.303 e. The van der Waals surface area contributed by atoms with E-state index >= 15 is 0 Å². The standard InChI is InChI=1S/C15H26INO3/c16-13-9-7-12(8-10-13)15(20)17-11-5-3-1-2-4-6-14(18)19/h12-13H,1-11H2,(H,17,20)(H,18,19). The van der Waals surface area contributed by atoms with E-state index in [0.29, 0.717) is 0 Å². The molecule has 1 aliphatic rings. The molecule has 0 aromatic heterocycles. The Bertz CT molecular complexity index is 301. The number of hydrogen-bond donors (Lipinski definition) is 2. The summed E-state index contributed by atoms with van der Waals surface area (Å²) in [7, 11) is 0. The maximum absolute atomic E-state index is 11.9. The third-order valence-corrected chi connectivity index (χ3v) is 5.14. The minimum absolute atomic E-state index is 0.233. The molecule has 0 atom stereocenters. The first-order valence-electron chi connectivity index (χ1n) is 7.73. The van der Waals surface area contributed by atoms with Crippen LogP contribution in [0.15, 0.2) is 0 Å². The highest BCUT2D eigenvalue weighted by Crippen LogP contribution is 2.28. The Morgan fingerprint density at radius 3 is 2.25 bits per heavy atom. The van der Waals surface area contributed by atoms with Gasteiger partial charge in [-0.25, -0.2) is 0 Å². The summed E-state index contributed by atoms with van der Waals surface area (Å²) in [6.07, 6.45) is 9.55. The molecule has 0 heterocycles. The molecule has 0 aromatic carbocycles. The van der Waals surface area contributed by atoms with Crippen molar-refractivity contribution in [1.29, 1.82) is 0 Å². The van der Waals surface area contributed by atoms with Gasteiger partial charge in [-0.3, -0.25) is 9.59 Å². The summed E-state index contributed by atoms with van der Waals surface area (Å²) in [5.41, 5.74) is 0. The van der Waals surface area contributed by atoms with Gasteiger partial charge < -0.3 is 10.4 Å². The smallest absolute Gasteiger partial charge is 0.303 e. The number of amides is 1. The Hall–Kier alpha value is -0.330. The van der Waals surface area contributed by atoms with Crippen molar-refractivity contribution in [1.82, 2.24) is 5.32 Å². The number of carbonyl (C=O) groups excluding carboxylic acids is 1. The van der Waals surface area contributed by atoms with Gasteiger partial charge in [0.25, 0.3) is 0 Å². The quantitative estimate of drug-likeness (QED) is 0.357. The maximum atomic E-state index is 11.9. The van der Waals surface area contributed by atoms with Crippen LogP contribution in [-0.2, 0) is 9.59 Å². The van der Waals surface area contributed by atoms with Crippen LogP contribution < -0.4 is 5.32 Å². The summed E-state index contributed by atoms with van der Waals surface area (Å²) in [5, 5.41) is 11.5. The predicted molar refractivity (Wildman–Crippen MR) is 88.1 cm³/mol. The van der Waals surface area contributed by atoms with Crippen LogP contribution in [0.1, 0.15) is 64.2 Å². The molecule has 1 rings (SSSR count). The molecule has 2 N–H and O–H groups in total. The zero-order valence-corrected chi connectivity index (χ0v) is 14.2. The number of carbonyl (C=O) groups is 2. The van der Waals surface area contributed by atoms with Crippen LogP contribution >= 0.6 is 22.6 Å². The molecule has 0 aliphatic heterocycles. The van der Waals surface area contributed by atoms with Crippen LogP contribution in [0.4, 0.5) is 0 Å². The number of carboxylic acids is 1. The highest BCUT2D eigenvalue weighted by Gasteiger charge is 2.24. The van der Waals surface area contributed by atoms with Crippen molar-refractivity contribution in [3.8, 4) is 0 Å². The second-order valence-corrected chi connectivity index (χ2v) is 7.41. The highest BCUT2D eigenvalue weighted by molar-refractivity contribution is 14.1. The summed E-state index contributed by atoms with van der Waals surface area (Å²) in [6, 6.07) is 0. The van der Waals surface area contributed by atoms with Gasteiger partial charge in [0.2, 0.25) is 5.91 Å². The fraction of sp³-hybridized carbons (Fsp3) is 0.867. The first-order chi connectivity index (χ1) is 9.59. The summed E-state index contributed by atoms with van der Waals surface area (Å²) < 4.78 is 0.752. The lowest BCUT2D eigenvalue weighted by Crippen LogP contribution is -2.33. The Balaban J connectivity index is 1.93. The van der Waals surface area contributed by atoms with Crippen molar-refractivity contribution in [3.63, 3.8) is 0 Å². The van der Waals surface area contributed by atoms with E-state index in [4.69, 9.17) is 5.11 Å². The van der Waals surface area contributed by atoms with Crippen molar-refractivity contribution in [2.45, 2.75) is 68.1 Å². The van der Waals surface area contributed by atoms with Gasteiger partial charge in [-0.1, -0.05) is 41.9 Å². The van der Waals surface area contributed by atoms with Crippen LogP contribution in [0.3, 0.4) is 0 Å². The van der Waals surface area contributed by atoms with Gasteiger partial charge in [0, 0.05) is 22.8 Å². The summed E-state index contributed by atoms with van der Waals surface area (Å²) >= 11 is 2.48. The minimum atomic E-state index is -0.710. The van der Waals surface area contributed by atoms with Gasteiger partial charge in [-0.05, 0) is 38.5 Å². The molecule has 0 bridgehead atoms. The second-order valence-electron chi connectivity index (χ2n) is 5.65. The van der Waals surface area contributed by atoms with E-state index in [0.717, 1.165) is 55.4 Å². The number of carboxylic acid groups (broad SMARTS) is 1. The summed E-state index contributed by atoms with van der Waals surface area (Å²) in [5.74, 6) is -0.241. The fourth-order valence-corrected chi connectivity index (χ4v) is 3.32. The van der Waals surface area contributed by atoms with Crippen molar-refractivity contribution < 1.29 is 14.7 Å². The third-order valence-electron chi connectivity index (χ3n) is 3.89. The molecule has 5 heteroatoms. The van der Waals surface area contributed by atoms with Gasteiger partial charge in [-0.2, -0.15) is 0 Å². The average molecular weight is 395 g/mol. The molecule has 0 unspecified atom stereocenters. The molecule has 116 valence electrons. The number of hydrogen-bond acceptors (Lipinski definition) is 2. The molecule has 20 heavy (non-hydrogen) atoms. The Kier molecular flexibility index (Phi) is 9.22. The first-order valence-corrected chi connectivity index (χ1v) is 8.97. The molecular weight excluding hydrogens is 369 g/mol. The van der Waals surface area contributed by atoms with Crippen LogP contribution in [0.2, 0.25) is 0 Å². The topological polar surface area (TPSA) is 66.4 Å². The van der Waals surface area contributed by atoms with Crippen molar-refractivity contribution in [3.05, 3.63) is 0 Å². The molecule has 1 saturated carbocycles. The number of unbranched alkanes of at least 4 members (excludes halogenated alkanes) is 4. The Labute approximate surface area is 135 Å². The number of alkyl halides is 1. The van der Waals surface area contributed by atoms with Crippen molar-refractivity contribution in [2.24, 2.45) is 5.92 Å². The number of aliphatic carboxylic acids is 1. The summed E-state index contributed by atoms with van der Waals surface area (Å²) in [6.45, 7) is 0.766. The van der Waals surface area contributed by atoms with Gasteiger partial charge >= 0.3 is 5.97 Å². The van der Waals surface area contributed by atoms with E-state index in [2.05, 4.69) is 27.9 Å². The normalized spacial score (nSPS) is 22.4. The van der Waals surface area contributed by atoms with Gasteiger partial charge in [-0.15, -0.1) is 0 Å². The molecule has 0 saturated heterocycles. The molecule has 1 amide bonds. The summed E-state index contributed by atoms with van der Waals surface area (Å²) in [4.78, 5) is 22.3. The lowest BCUT2D eigenvalue weighted by atomic mass is 9.88. The van der Waals surface area contributed by atoms with Crippen LogP contribution in [0.5, 0.6) is 0 Å². The molecular formula is C15H26INO3. The van der Waals surface area contributed by atoms with Crippen molar-refractivity contribution >= 4 is 34.5 Å². The molecule has 0 radical (unpaired) electrons. The second kappa shape index (κ2) is 10.4. The van der Waals surface area contributed by atoms with E-state index < -0.39 is 5.97 Å². The van der Waals surface area contributed by atoms with Crippen LogP contribution in [0.25, 0.3) is 0 Å². The van der Waals surface area contributed by atoms with Crippen LogP contribution in [-0.4, -0.2) is 27.5 Å². The SMILES string of the molecule is O=C(O)CCCCCCCNC(=O)C1CCC(I)CC1. The molecule has 1 aliphatic carbocycles. The zero-order chi connectivity index (χ0) is 14.8. The Morgan fingerprint density at radius 2 is 1.60 bits per heavy atom. The lowest BCUT2D eigenvalue weighted by molar-refractivity contribution is -0.137. The van der Waals surface area contributed by atoms with E-state index in [1.807, 2.05) is 0 Å². The molecule has 0 aromatic rings. The highest BCUT2D eigenvalue weighted by atomic mass is 127. The fourth-order valence-electron chi connectivity index (χ4n) is 2.60. The van der Waals surface area contributed by atoms with E-state index in [-0.39, 0.29) is 18.2 Å². The Morgan fingerprint density at radius 1 is 1.00 bits per heavy atom. The zero-order valence-electron chi connectivity index (χ0n) is 12.1. The largest absolute Gasteiger partial charge is 0.481 e. The molecule has 1 fully saturated rings. The number of halogens is 1. The van der Waals surface area contributed by atoms with E-state index in [1.54, 1.807) is 0 Å². The van der Waals surface area contributed by atoms with Crippen LogP contribution in [0, 0.1) is 5.92 Å². The van der Waals surface area contributed by atoms with Crippen molar-refractivity contribution in [2.75, 3.05) is 6.54 Å².